The van der Waals surface area contributed by atoms with Crippen LogP contribution in [0.1, 0.15) is 44.9 Å². The van der Waals surface area contributed by atoms with Crippen LogP contribution in [0.5, 0.6) is 0 Å². The van der Waals surface area contributed by atoms with Crippen LogP contribution in [0.2, 0.25) is 0 Å². The van der Waals surface area contributed by atoms with Gasteiger partial charge in [0, 0.05) is 67.8 Å². The van der Waals surface area contributed by atoms with Gasteiger partial charge in [0.25, 0.3) is 0 Å². The maximum Gasteiger partial charge on any atom is 0.134 e. The Labute approximate surface area is 582 Å². The summed E-state index contributed by atoms with van der Waals surface area (Å²) in [5.41, 5.74) is 22.3. The van der Waals surface area contributed by atoms with Gasteiger partial charge >= 0.3 is 0 Å². The van der Waals surface area contributed by atoms with Crippen molar-refractivity contribution in [3.05, 3.63) is 433 Å². The summed E-state index contributed by atoms with van der Waals surface area (Å²) in [5.74, 6) is 3.05. The summed E-state index contributed by atoms with van der Waals surface area (Å²) in [4.78, 5) is 9.57. The van der Waals surface area contributed by atoms with Crippen molar-refractivity contribution in [2.75, 3.05) is 19.6 Å². The lowest BCUT2D eigenvalue weighted by Gasteiger charge is -2.52. The summed E-state index contributed by atoms with van der Waals surface area (Å²) in [5, 5.41) is 0. The third-order valence-electron chi connectivity index (χ3n) is 20.4. The number of benzene rings is 14. The fourth-order valence-electron chi connectivity index (χ4n) is 16.3. The molecule has 0 saturated heterocycles. The van der Waals surface area contributed by atoms with Crippen LogP contribution in [-0.4, -0.2) is 0 Å². The minimum Gasteiger partial charge on any atom is -0.459 e. The van der Waals surface area contributed by atoms with E-state index >= 15 is 0 Å². The quantitative estimate of drug-likeness (QED) is 0.121. The number of nitrogens with zero attached hydrogens (tertiary/aromatic N) is 4. The molecule has 0 bridgehead atoms. The van der Waals surface area contributed by atoms with E-state index in [-0.39, 0.29) is 0 Å². The normalized spacial score (nSPS) is 13.3. The van der Waals surface area contributed by atoms with E-state index in [1.165, 1.54) is 0 Å². The fraction of sp³-hybridized carbons (Fsp3) is 0.0213. The van der Waals surface area contributed by atoms with Crippen molar-refractivity contribution in [2.24, 2.45) is 0 Å². The molecule has 100 heavy (non-hydrogen) atoms. The highest BCUT2D eigenvalue weighted by molar-refractivity contribution is 5.97. The Morgan fingerprint density at radius 3 is 0.750 bits per heavy atom. The van der Waals surface area contributed by atoms with Crippen molar-refractivity contribution in [1.82, 2.24) is 0 Å². The lowest BCUT2D eigenvalue weighted by Crippen LogP contribution is -2.48. The number of fused-ring (bicyclic) bond motifs is 14. The summed E-state index contributed by atoms with van der Waals surface area (Å²) >= 11 is 0. The molecule has 0 amide bonds. The summed E-state index contributed by atoms with van der Waals surface area (Å²) < 4.78 is 16.9. The monoisotopic (exact) mass is 1280 g/mol. The second-order valence-corrected chi connectivity index (χ2v) is 25.9. The first kappa shape index (κ1) is 58.2. The molecule has 6 nitrogen and oxygen atoms in total. The Balaban J connectivity index is 0.965. The molecule has 2 aromatic heterocycles. The van der Waals surface area contributed by atoms with E-state index in [0.717, 1.165) is 158 Å². The number of para-hydroxylation sites is 10. The lowest BCUT2D eigenvalue weighted by atomic mass is 9.53. The molecule has 2 aliphatic heterocycles. The Morgan fingerprint density at radius 2 is 0.450 bits per heavy atom. The average molecular weight is 1280 g/mol. The van der Waals surface area contributed by atoms with Crippen molar-refractivity contribution in [2.45, 2.75) is 10.8 Å². The van der Waals surface area contributed by atoms with Crippen LogP contribution in [0.3, 0.4) is 0 Å². The topological polar surface area (TPSA) is 39.2 Å². The van der Waals surface area contributed by atoms with Gasteiger partial charge in [-0.25, -0.2) is 0 Å². The molecule has 4 heterocycles. The van der Waals surface area contributed by atoms with Gasteiger partial charge in [-0.15, -0.1) is 0 Å². The number of hydrogen-bond donors (Lipinski definition) is 0. The van der Waals surface area contributed by atoms with Crippen molar-refractivity contribution in [3.63, 3.8) is 0 Å². The summed E-state index contributed by atoms with van der Waals surface area (Å²) in [7, 11) is 0. The second kappa shape index (κ2) is 23.9. The second-order valence-electron chi connectivity index (χ2n) is 25.9. The summed E-state index contributed by atoms with van der Waals surface area (Å²) in [6, 6.07) is 140. The molecule has 0 unspecified atom stereocenters. The molecule has 0 radical (unpaired) electrons. The minimum absolute atomic E-state index is 0.720. The van der Waals surface area contributed by atoms with Crippen LogP contribution in [0.4, 0.5) is 68.2 Å². The van der Waals surface area contributed by atoms with Crippen LogP contribution in [0.25, 0.3) is 44.9 Å². The van der Waals surface area contributed by atoms with Gasteiger partial charge < -0.3 is 28.4 Å². The predicted octanol–water partition coefficient (Wildman–Crippen LogP) is 25.1. The van der Waals surface area contributed by atoms with Crippen LogP contribution >= 0.6 is 0 Å². The van der Waals surface area contributed by atoms with Gasteiger partial charge in [0.2, 0.25) is 0 Å². The molecule has 2 spiro atoms. The zero-order chi connectivity index (χ0) is 66.1. The van der Waals surface area contributed by atoms with Crippen molar-refractivity contribution < 1.29 is 8.83 Å². The molecular formula is C94H64N4O2. The van der Waals surface area contributed by atoms with E-state index in [9.17, 15) is 0 Å². The first-order valence-corrected chi connectivity index (χ1v) is 34.2. The van der Waals surface area contributed by atoms with Crippen LogP contribution in [0.15, 0.2) is 397 Å². The predicted molar refractivity (Wildman–Crippen MR) is 409 cm³/mol. The molecule has 1 aliphatic carbocycles. The zero-order valence-corrected chi connectivity index (χ0v) is 54.6. The molecule has 0 N–H and O–H groups in total. The summed E-state index contributed by atoms with van der Waals surface area (Å²) in [6.07, 6.45) is 0. The first-order chi connectivity index (χ1) is 49.6. The van der Waals surface area contributed by atoms with Gasteiger partial charge in [-0.3, -0.25) is 0 Å². The number of rotatable bonds is 12. The average Bonchev–Trinajstić information content (AvgIpc) is 1.31. The van der Waals surface area contributed by atoms with Crippen LogP contribution in [0, 0.1) is 0 Å². The third kappa shape index (κ3) is 9.18. The van der Waals surface area contributed by atoms with E-state index in [1.54, 1.807) is 0 Å². The van der Waals surface area contributed by atoms with Crippen LogP contribution in [-0.2, 0) is 10.8 Å². The Morgan fingerprint density at radius 1 is 0.200 bits per heavy atom. The molecule has 0 saturated carbocycles. The first-order valence-electron chi connectivity index (χ1n) is 34.2. The van der Waals surface area contributed by atoms with Gasteiger partial charge in [0.15, 0.2) is 0 Å². The van der Waals surface area contributed by atoms with E-state index in [0.29, 0.717) is 0 Å². The van der Waals surface area contributed by atoms with E-state index in [2.05, 4.69) is 408 Å². The molecule has 14 aromatic carbocycles. The molecule has 472 valence electrons. The smallest absolute Gasteiger partial charge is 0.134 e. The molecule has 16 aromatic rings. The molecule has 19 rings (SSSR count). The lowest BCUT2D eigenvalue weighted by molar-refractivity contribution is 0.400. The molecular weight excluding hydrogens is 1220 g/mol. The van der Waals surface area contributed by atoms with Gasteiger partial charge in [-0.05, 0) is 190 Å². The van der Waals surface area contributed by atoms with Crippen LogP contribution < -0.4 is 19.6 Å². The van der Waals surface area contributed by atoms with Gasteiger partial charge in [-0.2, -0.15) is 0 Å². The highest BCUT2D eigenvalue weighted by Gasteiger charge is 2.63. The standard InChI is InChI=1S/C94H64N4O2/c1-9-33-65(34-10-1)67-57-69(61-77(59-67)95(71-37-13-3-14-38-71)72-39-15-4-16-40-72)89-63-83-91(99-89)94(81-51-27-31-55-87(81)98(76-47-23-8-24-48-76)88-56-32-28-52-82(88)94)84-64-90(100-92(84)93(83)79-49-25-29-53-85(79)97(75-45-21-7-22-46-75)86-54-30-26-50-80(86)93)70-58-68(66-35-11-2-12-36-66)60-78(62-70)96(73-41-17-5-18-42-73)74-43-19-6-20-44-74/h1-64H. The van der Waals surface area contributed by atoms with Crippen molar-refractivity contribution >= 4 is 68.2 Å². The SMILES string of the molecule is c1ccc(-c2cc(-c3cc4c(o3)C3(c5ccccc5N(c5ccccc5)c5ccccc53)c3cc(-c5cc(-c6ccccc6)cc(N(c6ccccc6)c6ccccc6)c5)oc3C43c4ccccc4N(c4ccccc4)c4ccccc43)cc(N(c3ccccc3)c3ccccc3)c2)cc1. The summed E-state index contributed by atoms with van der Waals surface area (Å²) in [6.45, 7) is 0. The van der Waals surface area contributed by atoms with Crippen molar-refractivity contribution in [1.29, 1.82) is 0 Å². The molecule has 0 atom stereocenters. The number of anilines is 12. The van der Waals surface area contributed by atoms with E-state index < -0.39 is 10.8 Å². The highest BCUT2D eigenvalue weighted by atomic mass is 16.4. The largest absolute Gasteiger partial charge is 0.459 e. The van der Waals surface area contributed by atoms with Crippen molar-refractivity contribution in [3.8, 4) is 44.9 Å². The molecule has 0 fully saturated rings. The fourth-order valence-corrected chi connectivity index (χ4v) is 16.3. The number of hydrogen-bond acceptors (Lipinski definition) is 6. The zero-order valence-electron chi connectivity index (χ0n) is 54.6. The van der Waals surface area contributed by atoms with Gasteiger partial charge in [-0.1, -0.05) is 243 Å². The Bertz CT molecular complexity index is 5110. The van der Waals surface area contributed by atoms with E-state index in [1.807, 2.05) is 0 Å². The van der Waals surface area contributed by atoms with E-state index in [4.69, 9.17) is 8.83 Å². The minimum atomic E-state index is -1.17. The number of furan rings is 2. The Kier molecular flexibility index (Phi) is 13.9. The van der Waals surface area contributed by atoms with Gasteiger partial charge in [0.05, 0.1) is 22.7 Å². The maximum absolute atomic E-state index is 8.44. The van der Waals surface area contributed by atoms with Gasteiger partial charge in [0.1, 0.15) is 33.9 Å². The molecule has 6 heteroatoms. The molecule has 3 aliphatic rings. The highest BCUT2D eigenvalue weighted by Crippen LogP contribution is 2.70. The third-order valence-corrected chi connectivity index (χ3v) is 20.4. The Hall–Kier alpha value is -13.2. The maximum atomic E-state index is 8.44.